The SMILES string of the molecule is C[C@@H]1CN(S(=O)(=O)c2ccc([N+](=O)[O-])cc2)C[C@@H]1N. The average molecular weight is 285 g/mol. The van der Waals surface area contributed by atoms with E-state index in [0.29, 0.717) is 6.54 Å². The van der Waals surface area contributed by atoms with Gasteiger partial charge < -0.3 is 5.73 Å². The molecule has 2 atom stereocenters. The maximum Gasteiger partial charge on any atom is 0.269 e. The van der Waals surface area contributed by atoms with Crippen molar-refractivity contribution in [1.82, 2.24) is 4.31 Å². The van der Waals surface area contributed by atoms with Crippen molar-refractivity contribution in [3.63, 3.8) is 0 Å². The molecule has 19 heavy (non-hydrogen) atoms. The number of nitro groups is 1. The molecule has 0 unspecified atom stereocenters. The second kappa shape index (κ2) is 4.87. The van der Waals surface area contributed by atoms with Crippen molar-refractivity contribution in [2.45, 2.75) is 17.9 Å². The van der Waals surface area contributed by atoms with Gasteiger partial charge in [-0.25, -0.2) is 8.42 Å². The molecule has 1 aliphatic rings. The molecule has 2 N–H and O–H groups in total. The van der Waals surface area contributed by atoms with Crippen LogP contribution >= 0.6 is 0 Å². The number of nitrogens with zero attached hydrogens (tertiary/aromatic N) is 2. The second-order valence-electron chi connectivity index (χ2n) is 4.71. The van der Waals surface area contributed by atoms with Crippen LogP contribution in [0, 0.1) is 16.0 Å². The molecule has 1 heterocycles. The number of benzene rings is 1. The normalized spacial score (nSPS) is 24.5. The minimum atomic E-state index is -3.62. The number of rotatable bonds is 3. The van der Waals surface area contributed by atoms with E-state index >= 15 is 0 Å². The highest BCUT2D eigenvalue weighted by Gasteiger charge is 2.35. The first-order valence-electron chi connectivity index (χ1n) is 5.82. The van der Waals surface area contributed by atoms with Crippen LogP contribution in [0.25, 0.3) is 0 Å². The van der Waals surface area contributed by atoms with Crippen molar-refractivity contribution < 1.29 is 13.3 Å². The Morgan fingerprint density at radius 1 is 1.32 bits per heavy atom. The second-order valence-corrected chi connectivity index (χ2v) is 6.65. The van der Waals surface area contributed by atoms with E-state index in [4.69, 9.17) is 5.73 Å². The van der Waals surface area contributed by atoms with Crippen molar-refractivity contribution in [1.29, 1.82) is 0 Å². The number of nitrogens with two attached hydrogens (primary N) is 1. The summed E-state index contributed by atoms with van der Waals surface area (Å²) in [5.41, 5.74) is 5.68. The van der Waals surface area contributed by atoms with E-state index in [1.54, 1.807) is 0 Å². The molecule has 0 saturated carbocycles. The van der Waals surface area contributed by atoms with E-state index in [-0.39, 0.29) is 29.1 Å². The summed E-state index contributed by atoms with van der Waals surface area (Å²) in [4.78, 5) is 10.0. The standard InChI is InChI=1S/C11H15N3O4S/c1-8-6-13(7-11(8)12)19(17,18)10-4-2-9(3-5-10)14(15)16/h2-5,8,11H,6-7,12H2,1H3/t8-,11+/m1/s1. The molecule has 0 amide bonds. The summed E-state index contributed by atoms with van der Waals surface area (Å²) < 4.78 is 25.9. The molecule has 1 aromatic rings. The number of sulfonamides is 1. The monoisotopic (exact) mass is 285 g/mol. The lowest BCUT2D eigenvalue weighted by molar-refractivity contribution is -0.384. The summed E-state index contributed by atoms with van der Waals surface area (Å²) in [5.74, 6) is 0.104. The van der Waals surface area contributed by atoms with Crippen LogP contribution in [0.5, 0.6) is 0 Å². The highest BCUT2D eigenvalue weighted by atomic mass is 32.2. The molecule has 1 saturated heterocycles. The van der Waals surface area contributed by atoms with E-state index in [2.05, 4.69) is 0 Å². The zero-order valence-corrected chi connectivity index (χ0v) is 11.2. The Morgan fingerprint density at radius 2 is 1.89 bits per heavy atom. The molecule has 2 rings (SSSR count). The first kappa shape index (κ1) is 13.9. The lowest BCUT2D eigenvalue weighted by atomic mass is 10.1. The molecule has 0 radical (unpaired) electrons. The lowest BCUT2D eigenvalue weighted by Gasteiger charge is -2.15. The minimum absolute atomic E-state index is 0.0550. The quantitative estimate of drug-likeness (QED) is 0.645. The summed E-state index contributed by atoms with van der Waals surface area (Å²) in [6, 6.07) is 4.70. The van der Waals surface area contributed by atoms with Crippen molar-refractivity contribution in [2.75, 3.05) is 13.1 Å². The molecule has 104 valence electrons. The van der Waals surface area contributed by atoms with Gasteiger partial charge in [0.15, 0.2) is 0 Å². The summed E-state index contributed by atoms with van der Waals surface area (Å²) >= 11 is 0. The van der Waals surface area contributed by atoms with Crippen molar-refractivity contribution >= 4 is 15.7 Å². The first-order valence-corrected chi connectivity index (χ1v) is 7.26. The Morgan fingerprint density at radius 3 is 2.32 bits per heavy atom. The Kier molecular flexibility index (Phi) is 3.57. The van der Waals surface area contributed by atoms with Crippen LogP contribution in [0.2, 0.25) is 0 Å². The van der Waals surface area contributed by atoms with Crippen LogP contribution in [0.3, 0.4) is 0 Å². The molecule has 0 spiro atoms. The molecule has 0 aliphatic carbocycles. The van der Waals surface area contributed by atoms with Gasteiger partial charge in [-0.15, -0.1) is 0 Å². The minimum Gasteiger partial charge on any atom is -0.326 e. The van der Waals surface area contributed by atoms with Crippen molar-refractivity contribution in [3.05, 3.63) is 34.4 Å². The third kappa shape index (κ3) is 2.60. The van der Waals surface area contributed by atoms with Gasteiger partial charge in [-0.05, 0) is 18.1 Å². The van der Waals surface area contributed by atoms with Crippen LogP contribution in [0.15, 0.2) is 29.2 Å². The summed E-state index contributed by atoms with van der Waals surface area (Å²) in [6.07, 6.45) is 0. The number of hydrogen-bond acceptors (Lipinski definition) is 5. The zero-order chi connectivity index (χ0) is 14.2. The maximum absolute atomic E-state index is 12.3. The molecule has 0 bridgehead atoms. The van der Waals surface area contributed by atoms with Gasteiger partial charge in [-0.2, -0.15) is 4.31 Å². The highest BCUT2D eigenvalue weighted by Crippen LogP contribution is 2.24. The number of nitro benzene ring substituents is 1. The smallest absolute Gasteiger partial charge is 0.269 e. The van der Waals surface area contributed by atoms with Crippen LogP contribution in [0.1, 0.15) is 6.92 Å². The molecular formula is C11H15N3O4S. The van der Waals surface area contributed by atoms with Gasteiger partial charge in [-0.1, -0.05) is 6.92 Å². The van der Waals surface area contributed by atoms with Gasteiger partial charge >= 0.3 is 0 Å². The van der Waals surface area contributed by atoms with E-state index in [1.165, 1.54) is 28.6 Å². The van der Waals surface area contributed by atoms with Gasteiger partial charge in [0.1, 0.15) is 0 Å². The Bertz CT molecular complexity index is 574. The van der Waals surface area contributed by atoms with Gasteiger partial charge in [0.25, 0.3) is 5.69 Å². The Labute approximate surface area is 111 Å². The van der Waals surface area contributed by atoms with E-state index in [0.717, 1.165) is 0 Å². The zero-order valence-electron chi connectivity index (χ0n) is 10.4. The van der Waals surface area contributed by atoms with Gasteiger partial charge in [0, 0.05) is 31.3 Å². The highest BCUT2D eigenvalue weighted by molar-refractivity contribution is 7.89. The van der Waals surface area contributed by atoms with Crippen LogP contribution in [0.4, 0.5) is 5.69 Å². The van der Waals surface area contributed by atoms with E-state index in [9.17, 15) is 18.5 Å². The number of hydrogen-bond donors (Lipinski definition) is 1. The predicted octanol–water partition coefficient (Wildman–Crippen LogP) is 0.563. The molecule has 0 aromatic heterocycles. The molecule has 8 heteroatoms. The summed E-state index contributed by atoms with van der Waals surface area (Å²) in [7, 11) is -3.62. The maximum atomic E-state index is 12.3. The fourth-order valence-corrected chi connectivity index (χ4v) is 3.61. The summed E-state index contributed by atoms with van der Waals surface area (Å²) in [5, 5.41) is 10.5. The Balaban J connectivity index is 2.27. The van der Waals surface area contributed by atoms with Crippen molar-refractivity contribution in [3.8, 4) is 0 Å². The van der Waals surface area contributed by atoms with Crippen molar-refractivity contribution in [2.24, 2.45) is 11.7 Å². The summed E-state index contributed by atoms with van der Waals surface area (Å²) in [6.45, 7) is 2.55. The fraction of sp³-hybridized carbons (Fsp3) is 0.455. The third-order valence-electron chi connectivity index (χ3n) is 3.32. The van der Waals surface area contributed by atoms with Crippen LogP contribution < -0.4 is 5.73 Å². The topological polar surface area (TPSA) is 107 Å². The van der Waals surface area contributed by atoms with Gasteiger partial charge in [0.05, 0.1) is 9.82 Å². The molecule has 1 aliphatic heterocycles. The molecular weight excluding hydrogens is 270 g/mol. The average Bonchev–Trinajstić information content (AvgIpc) is 2.70. The largest absolute Gasteiger partial charge is 0.326 e. The third-order valence-corrected chi connectivity index (χ3v) is 5.17. The lowest BCUT2D eigenvalue weighted by Crippen LogP contribution is -2.32. The Hall–Kier alpha value is -1.51. The fourth-order valence-electron chi connectivity index (χ4n) is 2.03. The predicted molar refractivity (Wildman–Crippen MR) is 69.0 cm³/mol. The van der Waals surface area contributed by atoms with E-state index < -0.39 is 14.9 Å². The van der Waals surface area contributed by atoms with Crippen LogP contribution in [-0.2, 0) is 10.0 Å². The molecule has 7 nitrogen and oxygen atoms in total. The van der Waals surface area contributed by atoms with Gasteiger partial charge in [0.2, 0.25) is 10.0 Å². The molecule has 1 fully saturated rings. The van der Waals surface area contributed by atoms with E-state index in [1.807, 2.05) is 6.92 Å². The van der Waals surface area contributed by atoms with Crippen LogP contribution in [-0.4, -0.2) is 36.8 Å². The molecule has 1 aromatic carbocycles. The van der Waals surface area contributed by atoms with Gasteiger partial charge in [-0.3, -0.25) is 10.1 Å². The first-order chi connectivity index (χ1) is 8.82. The number of non-ortho nitro benzene ring substituents is 1.